The number of carbonyl (C=O) groups is 1. The van der Waals surface area contributed by atoms with Crippen LogP contribution in [-0.4, -0.2) is 17.2 Å². The van der Waals surface area contributed by atoms with E-state index in [2.05, 4.69) is 11.4 Å². The van der Waals surface area contributed by atoms with E-state index >= 15 is 0 Å². The van der Waals surface area contributed by atoms with Gasteiger partial charge in [-0.3, -0.25) is 0 Å². The third kappa shape index (κ3) is 3.32. The van der Waals surface area contributed by atoms with Gasteiger partial charge in [-0.1, -0.05) is 0 Å². The van der Waals surface area contributed by atoms with Crippen molar-refractivity contribution in [3.8, 4) is 6.07 Å². The number of nitrogens with one attached hydrogen (secondary N) is 1. The van der Waals surface area contributed by atoms with Gasteiger partial charge >= 0.3 is 6.09 Å². The molecular formula is C9H14N2O2. The predicted octanol–water partition coefficient (Wildman–Crippen LogP) is 1.73. The fourth-order valence-electron chi connectivity index (χ4n) is 1.81. The van der Waals surface area contributed by atoms with Gasteiger partial charge in [0.1, 0.15) is 0 Å². The zero-order valence-electron chi connectivity index (χ0n) is 7.49. The summed E-state index contributed by atoms with van der Waals surface area (Å²) in [5, 5.41) is 19.4. The van der Waals surface area contributed by atoms with Crippen molar-refractivity contribution in [3.63, 3.8) is 0 Å². The van der Waals surface area contributed by atoms with Gasteiger partial charge in [0.25, 0.3) is 0 Å². The van der Waals surface area contributed by atoms with Crippen LogP contribution in [0.3, 0.4) is 0 Å². The lowest BCUT2D eigenvalue weighted by molar-refractivity contribution is 0.182. The van der Waals surface area contributed by atoms with Crippen molar-refractivity contribution in [2.75, 3.05) is 0 Å². The van der Waals surface area contributed by atoms with Crippen molar-refractivity contribution in [1.29, 1.82) is 5.26 Å². The Kier molecular flexibility index (Phi) is 3.56. The van der Waals surface area contributed by atoms with Gasteiger partial charge in [-0.15, -0.1) is 0 Å². The van der Waals surface area contributed by atoms with Crippen molar-refractivity contribution < 1.29 is 9.90 Å². The van der Waals surface area contributed by atoms with Crippen LogP contribution in [0.25, 0.3) is 0 Å². The summed E-state index contributed by atoms with van der Waals surface area (Å²) in [7, 11) is 0. The van der Waals surface area contributed by atoms with Crippen LogP contribution < -0.4 is 5.32 Å². The van der Waals surface area contributed by atoms with E-state index in [1.165, 1.54) is 0 Å². The molecule has 72 valence electrons. The second kappa shape index (κ2) is 4.70. The Morgan fingerprint density at radius 2 is 2.08 bits per heavy atom. The standard InChI is InChI=1S/C9H14N2O2/c10-6-5-7-1-3-8(4-2-7)11-9(12)13/h7-8,11H,1-5H2,(H,12,13)/t7-,8-. The lowest BCUT2D eigenvalue weighted by Crippen LogP contribution is -2.36. The van der Waals surface area contributed by atoms with Crippen LogP contribution in [0.2, 0.25) is 0 Å². The Balaban J connectivity index is 2.23. The molecule has 2 N–H and O–H groups in total. The molecule has 0 radical (unpaired) electrons. The second-order valence-electron chi connectivity index (χ2n) is 3.53. The molecule has 1 aliphatic carbocycles. The third-order valence-corrected chi connectivity index (χ3v) is 2.55. The van der Waals surface area contributed by atoms with Gasteiger partial charge in [-0.25, -0.2) is 4.79 Å². The van der Waals surface area contributed by atoms with E-state index < -0.39 is 6.09 Å². The summed E-state index contributed by atoms with van der Waals surface area (Å²) in [4.78, 5) is 10.3. The van der Waals surface area contributed by atoms with Gasteiger partial charge in [-0.2, -0.15) is 5.26 Å². The van der Waals surface area contributed by atoms with Crippen LogP contribution in [-0.2, 0) is 0 Å². The number of carboxylic acid groups (broad SMARTS) is 1. The number of hydrogen-bond acceptors (Lipinski definition) is 2. The Bertz CT molecular complexity index is 214. The van der Waals surface area contributed by atoms with Crippen LogP contribution in [0.4, 0.5) is 4.79 Å². The highest BCUT2D eigenvalue weighted by atomic mass is 16.4. The molecule has 0 saturated heterocycles. The van der Waals surface area contributed by atoms with Crippen LogP contribution in [0, 0.1) is 17.2 Å². The maximum atomic E-state index is 10.3. The minimum Gasteiger partial charge on any atom is -0.465 e. The van der Waals surface area contributed by atoms with E-state index in [0.29, 0.717) is 12.3 Å². The summed E-state index contributed by atoms with van der Waals surface area (Å²) >= 11 is 0. The maximum Gasteiger partial charge on any atom is 0.404 e. The molecule has 0 aromatic heterocycles. The number of hydrogen-bond donors (Lipinski definition) is 2. The van der Waals surface area contributed by atoms with E-state index in [-0.39, 0.29) is 6.04 Å². The van der Waals surface area contributed by atoms with Crippen molar-refractivity contribution in [2.45, 2.75) is 38.1 Å². The molecule has 4 nitrogen and oxygen atoms in total. The summed E-state index contributed by atoms with van der Waals surface area (Å²) in [5.41, 5.74) is 0. The molecule has 4 heteroatoms. The van der Waals surface area contributed by atoms with Gasteiger partial charge in [-0.05, 0) is 31.6 Å². The van der Waals surface area contributed by atoms with Crippen LogP contribution in [0.1, 0.15) is 32.1 Å². The first-order chi connectivity index (χ1) is 6.22. The summed E-state index contributed by atoms with van der Waals surface area (Å²) in [6.07, 6.45) is 3.36. The average molecular weight is 182 g/mol. The lowest BCUT2D eigenvalue weighted by Gasteiger charge is -2.26. The fraction of sp³-hybridized carbons (Fsp3) is 0.778. The maximum absolute atomic E-state index is 10.3. The van der Waals surface area contributed by atoms with Gasteiger partial charge in [0.2, 0.25) is 0 Å². The second-order valence-corrected chi connectivity index (χ2v) is 3.53. The SMILES string of the molecule is N#CC[C@H]1CC[C@H](NC(=O)O)CC1. The Labute approximate surface area is 77.6 Å². The predicted molar refractivity (Wildman–Crippen MR) is 47.1 cm³/mol. The molecule has 0 atom stereocenters. The molecular weight excluding hydrogens is 168 g/mol. The highest BCUT2D eigenvalue weighted by Gasteiger charge is 2.21. The van der Waals surface area contributed by atoms with E-state index in [1.54, 1.807) is 0 Å². The monoisotopic (exact) mass is 182 g/mol. The molecule has 0 aromatic carbocycles. The van der Waals surface area contributed by atoms with Crippen molar-refractivity contribution in [2.24, 2.45) is 5.92 Å². The summed E-state index contributed by atoms with van der Waals surface area (Å²) in [6.45, 7) is 0. The van der Waals surface area contributed by atoms with E-state index in [0.717, 1.165) is 25.7 Å². The molecule has 0 spiro atoms. The lowest BCUT2D eigenvalue weighted by atomic mass is 9.84. The molecule has 1 aliphatic rings. The quantitative estimate of drug-likeness (QED) is 0.683. The van der Waals surface area contributed by atoms with E-state index in [1.807, 2.05) is 0 Å². The number of nitriles is 1. The zero-order valence-corrected chi connectivity index (χ0v) is 7.49. The largest absolute Gasteiger partial charge is 0.465 e. The molecule has 0 aliphatic heterocycles. The minimum atomic E-state index is -0.941. The van der Waals surface area contributed by atoms with E-state index in [9.17, 15) is 4.79 Å². The van der Waals surface area contributed by atoms with Gasteiger partial charge in [0.15, 0.2) is 0 Å². The number of nitrogens with zero attached hydrogens (tertiary/aromatic N) is 1. The smallest absolute Gasteiger partial charge is 0.404 e. The molecule has 0 heterocycles. The normalized spacial score (nSPS) is 27.6. The molecule has 0 bridgehead atoms. The van der Waals surface area contributed by atoms with E-state index in [4.69, 9.17) is 10.4 Å². The first kappa shape index (κ1) is 9.85. The third-order valence-electron chi connectivity index (χ3n) is 2.55. The van der Waals surface area contributed by atoms with Crippen LogP contribution in [0.15, 0.2) is 0 Å². The summed E-state index contributed by atoms with van der Waals surface area (Å²) in [5.74, 6) is 0.483. The highest BCUT2D eigenvalue weighted by Crippen LogP contribution is 2.26. The van der Waals surface area contributed by atoms with Crippen molar-refractivity contribution in [3.05, 3.63) is 0 Å². The molecule has 1 amide bonds. The van der Waals surface area contributed by atoms with Crippen LogP contribution in [0.5, 0.6) is 0 Å². The van der Waals surface area contributed by atoms with Gasteiger partial charge in [0.05, 0.1) is 6.07 Å². The fourth-order valence-corrected chi connectivity index (χ4v) is 1.81. The molecule has 13 heavy (non-hydrogen) atoms. The highest BCUT2D eigenvalue weighted by molar-refractivity contribution is 5.64. The first-order valence-corrected chi connectivity index (χ1v) is 4.58. The summed E-state index contributed by atoms with van der Waals surface area (Å²) < 4.78 is 0. The molecule has 1 fully saturated rings. The average Bonchev–Trinajstić information content (AvgIpc) is 2.08. The van der Waals surface area contributed by atoms with Gasteiger partial charge in [0, 0.05) is 12.5 Å². The molecule has 1 saturated carbocycles. The minimum absolute atomic E-state index is 0.104. The Hall–Kier alpha value is -1.24. The summed E-state index contributed by atoms with van der Waals surface area (Å²) in [6, 6.07) is 2.26. The zero-order chi connectivity index (χ0) is 9.68. The molecule has 1 rings (SSSR count). The van der Waals surface area contributed by atoms with Crippen molar-refractivity contribution in [1.82, 2.24) is 5.32 Å². The van der Waals surface area contributed by atoms with Gasteiger partial charge < -0.3 is 10.4 Å². The number of rotatable bonds is 2. The first-order valence-electron chi connectivity index (χ1n) is 4.58. The Morgan fingerprint density at radius 3 is 2.54 bits per heavy atom. The Morgan fingerprint density at radius 1 is 1.46 bits per heavy atom. The molecule has 0 unspecified atom stereocenters. The van der Waals surface area contributed by atoms with Crippen LogP contribution >= 0.6 is 0 Å². The topological polar surface area (TPSA) is 73.1 Å². The molecule has 0 aromatic rings. The number of amides is 1. The van der Waals surface area contributed by atoms with Crippen molar-refractivity contribution >= 4 is 6.09 Å².